The highest BCUT2D eigenvalue weighted by atomic mass is 35.5. The first-order valence-corrected chi connectivity index (χ1v) is 8.41. The Kier molecular flexibility index (Phi) is 9.72. The van der Waals surface area contributed by atoms with Crippen LogP contribution in [0, 0.1) is 12.8 Å². The number of carbonyl (C=O) groups excluding carboxylic acids is 1. The van der Waals surface area contributed by atoms with Crippen LogP contribution < -0.4 is 15.4 Å². The van der Waals surface area contributed by atoms with Gasteiger partial charge in [0, 0.05) is 13.0 Å². The van der Waals surface area contributed by atoms with Crippen LogP contribution in [0.4, 0.5) is 0 Å². The highest BCUT2D eigenvalue weighted by molar-refractivity contribution is 5.85. The van der Waals surface area contributed by atoms with E-state index in [1.807, 2.05) is 31.2 Å². The number of para-hydroxylation sites is 1. The number of nitrogens with one attached hydrogen (secondary N) is 2. The van der Waals surface area contributed by atoms with Gasteiger partial charge in [-0.15, -0.1) is 12.4 Å². The summed E-state index contributed by atoms with van der Waals surface area (Å²) < 4.78 is 5.72. The molecule has 4 nitrogen and oxygen atoms in total. The van der Waals surface area contributed by atoms with E-state index in [4.69, 9.17) is 4.74 Å². The standard InChI is InChI=1S/C18H28N2O2.ClH/c1-15-5-2-3-6-17(15)22-14-4-11-20-18(21)8-7-16-9-12-19-13-10-16;/h2-3,5-6,16,19H,4,7-14H2,1H3,(H,20,21);1H. The van der Waals surface area contributed by atoms with Crippen molar-refractivity contribution < 1.29 is 9.53 Å². The topological polar surface area (TPSA) is 50.4 Å². The van der Waals surface area contributed by atoms with E-state index < -0.39 is 0 Å². The van der Waals surface area contributed by atoms with Gasteiger partial charge in [-0.3, -0.25) is 4.79 Å². The Bertz CT molecular complexity index is 462. The highest BCUT2D eigenvalue weighted by Gasteiger charge is 2.14. The predicted octanol–water partition coefficient (Wildman–Crippen LogP) is 3.08. The summed E-state index contributed by atoms with van der Waals surface area (Å²) in [7, 11) is 0. The Morgan fingerprint density at radius 2 is 2.04 bits per heavy atom. The molecule has 1 fully saturated rings. The zero-order chi connectivity index (χ0) is 15.6. The molecule has 2 rings (SSSR count). The first-order valence-electron chi connectivity index (χ1n) is 8.41. The Morgan fingerprint density at radius 3 is 2.78 bits per heavy atom. The molecule has 0 aromatic heterocycles. The van der Waals surface area contributed by atoms with E-state index in [0.717, 1.165) is 43.2 Å². The molecule has 0 saturated carbocycles. The van der Waals surface area contributed by atoms with Gasteiger partial charge < -0.3 is 15.4 Å². The SMILES string of the molecule is Cc1ccccc1OCCCNC(=O)CCC1CCNCC1.Cl. The van der Waals surface area contributed by atoms with E-state index in [1.54, 1.807) is 0 Å². The maximum Gasteiger partial charge on any atom is 0.220 e. The van der Waals surface area contributed by atoms with Crippen molar-refractivity contribution in [3.8, 4) is 5.75 Å². The summed E-state index contributed by atoms with van der Waals surface area (Å²) in [6, 6.07) is 8.00. The van der Waals surface area contributed by atoms with Gasteiger partial charge in [0.05, 0.1) is 6.61 Å². The summed E-state index contributed by atoms with van der Waals surface area (Å²) in [5.41, 5.74) is 1.15. The molecule has 130 valence electrons. The molecular weight excluding hydrogens is 312 g/mol. The Labute approximate surface area is 145 Å². The van der Waals surface area contributed by atoms with Gasteiger partial charge >= 0.3 is 0 Å². The average molecular weight is 341 g/mol. The number of hydrogen-bond donors (Lipinski definition) is 2. The summed E-state index contributed by atoms with van der Waals surface area (Å²) in [4.78, 5) is 11.8. The first-order chi connectivity index (χ1) is 10.8. The van der Waals surface area contributed by atoms with Gasteiger partial charge in [-0.2, -0.15) is 0 Å². The van der Waals surface area contributed by atoms with Crippen molar-refractivity contribution in [3.05, 3.63) is 29.8 Å². The van der Waals surface area contributed by atoms with E-state index in [-0.39, 0.29) is 18.3 Å². The van der Waals surface area contributed by atoms with Gasteiger partial charge in [-0.25, -0.2) is 0 Å². The van der Waals surface area contributed by atoms with Crippen molar-refractivity contribution in [1.82, 2.24) is 10.6 Å². The van der Waals surface area contributed by atoms with Crippen LogP contribution >= 0.6 is 12.4 Å². The molecule has 1 amide bonds. The lowest BCUT2D eigenvalue weighted by Gasteiger charge is -2.22. The largest absolute Gasteiger partial charge is 0.493 e. The third-order valence-electron chi connectivity index (χ3n) is 4.23. The quantitative estimate of drug-likeness (QED) is 0.715. The predicted molar refractivity (Wildman–Crippen MR) is 96.4 cm³/mol. The monoisotopic (exact) mass is 340 g/mol. The molecular formula is C18H29ClN2O2. The van der Waals surface area contributed by atoms with Crippen LogP contribution in [0.5, 0.6) is 5.75 Å². The Morgan fingerprint density at radius 1 is 1.30 bits per heavy atom. The molecule has 1 saturated heterocycles. The van der Waals surface area contributed by atoms with Gasteiger partial charge in [0.15, 0.2) is 0 Å². The lowest BCUT2D eigenvalue weighted by atomic mass is 9.93. The molecule has 1 aliphatic heterocycles. The summed E-state index contributed by atoms with van der Waals surface area (Å²) in [6.07, 6.45) is 4.93. The number of amides is 1. The lowest BCUT2D eigenvalue weighted by Crippen LogP contribution is -2.30. The molecule has 0 atom stereocenters. The molecule has 1 heterocycles. The second-order valence-corrected chi connectivity index (χ2v) is 6.05. The lowest BCUT2D eigenvalue weighted by molar-refractivity contribution is -0.121. The van der Waals surface area contributed by atoms with Gasteiger partial charge in [0.2, 0.25) is 5.91 Å². The smallest absolute Gasteiger partial charge is 0.220 e. The number of rotatable bonds is 8. The van der Waals surface area contributed by atoms with Crippen molar-refractivity contribution in [1.29, 1.82) is 0 Å². The normalized spacial score (nSPS) is 14.8. The zero-order valence-corrected chi connectivity index (χ0v) is 14.8. The van der Waals surface area contributed by atoms with E-state index in [2.05, 4.69) is 10.6 Å². The van der Waals surface area contributed by atoms with Crippen LogP contribution in [0.3, 0.4) is 0 Å². The maximum absolute atomic E-state index is 11.8. The summed E-state index contributed by atoms with van der Waals surface area (Å²) >= 11 is 0. The van der Waals surface area contributed by atoms with Gasteiger partial charge in [-0.1, -0.05) is 18.2 Å². The third-order valence-corrected chi connectivity index (χ3v) is 4.23. The van der Waals surface area contributed by atoms with Crippen molar-refractivity contribution in [2.24, 2.45) is 5.92 Å². The molecule has 1 aromatic rings. The average Bonchev–Trinajstić information content (AvgIpc) is 2.55. The Balaban J connectivity index is 0.00000264. The number of benzene rings is 1. The van der Waals surface area contributed by atoms with E-state index in [0.29, 0.717) is 19.6 Å². The summed E-state index contributed by atoms with van der Waals surface area (Å²) in [5, 5.41) is 6.34. The summed E-state index contributed by atoms with van der Waals surface area (Å²) in [5.74, 6) is 1.82. The van der Waals surface area contributed by atoms with Crippen molar-refractivity contribution in [2.75, 3.05) is 26.2 Å². The molecule has 0 unspecified atom stereocenters. The number of carbonyl (C=O) groups is 1. The van der Waals surface area contributed by atoms with Crippen LogP contribution in [0.25, 0.3) is 0 Å². The van der Waals surface area contributed by atoms with Crippen LogP contribution in [-0.2, 0) is 4.79 Å². The molecule has 23 heavy (non-hydrogen) atoms. The van der Waals surface area contributed by atoms with Gasteiger partial charge in [-0.05, 0) is 63.2 Å². The zero-order valence-electron chi connectivity index (χ0n) is 14.0. The molecule has 0 spiro atoms. The van der Waals surface area contributed by atoms with Crippen molar-refractivity contribution in [3.63, 3.8) is 0 Å². The molecule has 1 aromatic carbocycles. The maximum atomic E-state index is 11.8. The number of hydrogen-bond acceptors (Lipinski definition) is 3. The van der Waals surface area contributed by atoms with Crippen molar-refractivity contribution >= 4 is 18.3 Å². The molecule has 0 aliphatic carbocycles. The fourth-order valence-electron chi connectivity index (χ4n) is 2.79. The number of aryl methyl sites for hydroxylation is 1. The number of ether oxygens (including phenoxy) is 1. The van der Waals surface area contributed by atoms with E-state index >= 15 is 0 Å². The molecule has 0 radical (unpaired) electrons. The second kappa shape index (κ2) is 11.3. The first kappa shape index (κ1) is 19.8. The number of halogens is 1. The minimum atomic E-state index is 0. The minimum Gasteiger partial charge on any atom is -0.493 e. The molecule has 1 aliphatic rings. The minimum absolute atomic E-state index is 0. The summed E-state index contributed by atoms with van der Waals surface area (Å²) in [6.45, 7) is 5.57. The fourth-order valence-corrected chi connectivity index (χ4v) is 2.79. The second-order valence-electron chi connectivity index (χ2n) is 6.05. The fraction of sp³-hybridized carbons (Fsp3) is 0.611. The van der Waals surface area contributed by atoms with Crippen LogP contribution in [0.2, 0.25) is 0 Å². The highest BCUT2D eigenvalue weighted by Crippen LogP contribution is 2.17. The van der Waals surface area contributed by atoms with Gasteiger partial charge in [0.25, 0.3) is 0 Å². The van der Waals surface area contributed by atoms with E-state index in [1.165, 1.54) is 12.8 Å². The molecule has 2 N–H and O–H groups in total. The van der Waals surface area contributed by atoms with Crippen LogP contribution in [-0.4, -0.2) is 32.1 Å². The Hall–Kier alpha value is -1.26. The molecule has 0 bridgehead atoms. The third kappa shape index (κ3) is 7.71. The van der Waals surface area contributed by atoms with Crippen LogP contribution in [0.1, 0.15) is 37.7 Å². The number of piperidine rings is 1. The van der Waals surface area contributed by atoms with Crippen molar-refractivity contribution in [2.45, 2.75) is 39.0 Å². The van der Waals surface area contributed by atoms with Gasteiger partial charge in [0.1, 0.15) is 5.75 Å². The molecule has 5 heteroatoms. The van der Waals surface area contributed by atoms with Crippen LogP contribution in [0.15, 0.2) is 24.3 Å². The van der Waals surface area contributed by atoms with E-state index in [9.17, 15) is 4.79 Å².